The molecule has 0 atom stereocenters. The maximum Gasteiger partial charge on any atom is 0.451 e. The molecule has 256 valence electrons. The van der Waals surface area contributed by atoms with E-state index in [0.717, 1.165) is 47.8 Å². The minimum absolute atomic E-state index is 0.143. The summed E-state index contributed by atoms with van der Waals surface area (Å²) in [4.78, 5) is 18.3. The van der Waals surface area contributed by atoms with Crippen LogP contribution in [0.3, 0.4) is 0 Å². The van der Waals surface area contributed by atoms with Gasteiger partial charge in [-0.05, 0) is 37.8 Å². The number of aromatic nitrogens is 7. The topological polar surface area (TPSA) is 140 Å². The molecule has 1 saturated heterocycles. The number of rotatable bonds is 12. The lowest BCUT2D eigenvalue weighted by Crippen LogP contribution is -2.58. The van der Waals surface area contributed by atoms with Gasteiger partial charge in [0.25, 0.3) is 0 Å². The highest BCUT2D eigenvalue weighted by atomic mass is 28.3. The average Bonchev–Trinajstić information content (AvgIpc) is 3.68. The van der Waals surface area contributed by atoms with E-state index in [4.69, 9.17) is 14.6 Å². The fourth-order valence-electron chi connectivity index (χ4n) is 6.49. The number of hydrogen-bond acceptors (Lipinski definition) is 10. The molecule has 1 saturated carbocycles. The highest BCUT2D eigenvalue weighted by Crippen LogP contribution is 2.46. The number of nitrogens with zero attached hydrogens (tertiary/aromatic N) is 9. The van der Waals surface area contributed by atoms with Crippen LogP contribution in [0.1, 0.15) is 43.6 Å². The van der Waals surface area contributed by atoms with Crippen LogP contribution in [0.15, 0.2) is 37.1 Å². The van der Waals surface area contributed by atoms with Crippen LogP contribution in [-0.2, 0) is 29.8 Å². The lowest BCUT2D eigenvalue weighted by Gasteiger charge is -2.52. The predicted molar refractivity (Wildman–Crippen MR) is 172 cm³/mol. The molecule has 16 heteroatoms. The maximum absolute atomic E-state index is 13.2. The molecular formula is C32H40F3N9O3Si. The molecule has 4 aromatic rings. The smallest absolute Gasteiger partial charge is 0.451 e. The van der Waals surface area contributed by atoms with Crippen molar-refractivity contribution < 1.29 is 27.8 Å². The fraction of sp³-hybridized carbons (Fsp3) is 0.562. The number of hydrogen-bond donors (Lipinski definition) is 1. The van der Waals surface area contributed by atoms with E-state index in [2.05, 4.69) is 50.5 Å². The number of piperidine rings is 1. The molecule has 2 fully saturated rings. The molecule has 12 nitrogen and oxygen atoms in total. The van der Waals surface area contributed by atoms with E-state index in [1.807, 2.05) is 27.7 Å². The Bertz CT molecular complexity index is 1770. The number of aliphatic hydroxyl groups is 1. The first kappa shape index (κ1) is 34.0. The average molecular weight is 684 g/mol. The van der Waals surface area contributed by atoms with E-state index in [9.17, 15) is 23.5 Å². The van der Waals surface area contributed by atoms with Gasteiger partial charge in [0.1, 0.15) is 24.8 Å². The van der Waals surface area contributed by atoms with Crippen LogP contribution in [0.25, 0.3) is 22.3 Å². The molecular weight excluding hydrogens is 643 g/mol. The highest BCUT2D eigenvalue weighted by Gasteiger charge is 2.49. The van der Waals surface area contributed by atoms with Crippen LogP contribution >= 0.6 is 0 Å². The third kappa shape index (κ3) is 7.38. The number of likely N-dealkylation sites (tertiary alicyclic amines) is 1. The summed E-state index contributed by atoms with van der Waals surface area (Å²) < 4.78 is 55.3. The lowest BCUT2D eigenvalue weighted by atomic mass is 9.69. The molecule has 0 radical (unpaired) electrons. The van der Waals surface area contributed by atoms with Gasteiger partial charge in [-0.1, -0.05) is 19.6 Å². The molecule has 1 aliphatic heterocycles. The summed E-state index contributed by atoms with van der Waals surface area (Å²) in [7, 11) is -1.18. The molecule has 0 bridgehead atoms. The number of aliphatic hydroxyl groups excluding tert-OH is 1. The van der Waals surface area contributed by atoms with Gasteiger partial charge in [0.15, 0.2) is 0 Å². The number of ether oxygens (including phenoxy) is 2. The van der Waals surface area contributed by atoms with Crippen LogP contribution in [0.5, 0.6) is 5.88 Å². The Kier molecular flexibility index (Phi) is 9.58. The zero-order chi connectivity index (χ0) is 34.1. The second kappa shape index (κ2) is 13.5. The van der Waals surface area contributed by atoms with Crippen molar-refractivity contribution in [3.05, 3.63) is 48.6 Å². The van der Waals surface area contributed by atoms with E-state index in [-0.39, 0.29) is 23.7 Å². The standard InChI is InChI=1S/C32H40F3N9O3Si/c1-48(2,3)13-12-46-21-43-11-6-26-28(37-20-38-29(26)43)22-17-39-44(18-22)31(7-8-36)15-24(16-31)42-9-4-25(5-10-42)47-27-14-23(19-45)40-30(41-27)32(33,34)35/h6,11,14,17-18,20,24-25,45H,4-5,7,9-10,12-13,15-16,19,21H2,1-3H3. The number of alkyl halides is 3. The van der Waals surface area contributed by atoms with E-state index < -0.39 is 32.2 Å². The van der Waals surface area contributed by atoms with E-state index in [1.54, 1.807) is 12.5 Å². The highest BCUT2D eigenvalue weighted by molar-refractivity contribution is 6.76. The van der Waals surface area contributed by atoms with Crippen LogP contribution in [0.4, 0.5) is 13.2 Å². The second-order valence-corrected chi connectivity index (χ2v) is 19.5. The van der Waals surface area contributed by atoms with Crippen LogP contribution in [0.2, 0.25) is 25.7 Å². The third-order valence-corrected chi connectivity index (χ3v) is 10.9. The van der Waals surface area contributed by atoms with Crippen LogP contribution in [-0.4, -0.2) is 84.2 Å². The normalized spacial score (nSPS) is 20.9. The van der Waals surface area contributed by atoms with Crippen molar-refractivity contribution in [1.29, 1.82) is 5.26 Å². The van der Waals surface area contributed by atoms with Crippen molar-refractivity contribution in [2.24, 2.45) is 0 Å². The molecule has 0 aromatic carbocycles. The van der Waals surface area contributed by atoms with Gasteiger partial charge < -0.3 is 19.1 Å². The number of halogens is 3. The summed E-state index contributed by atoms with van der Waals surface area (Å²) in [6.07, 6.45) is 5.26. The van der Waals surface area contributed by atoms with E-state index in [0.29, 0.717) is 39.1 Å². The van der Waals surface area contributed by atoms with Crippen molar-refractivity contribution in [3.8, 4) is 23.2 Å². The van der Waals surface area contributed by atoms with Crippen molar-refractivity contribution in [2.45, 2.75) is 95.0 Å². The Labute approximate surface area is 277 Å². The largest absolute Gasteiger partial charge is 0.474 e. The first-order valence-electron chi connectivity index (χ1n) is 16.1. The first-order chi connectivity index (χ1) is 22.9. The van der Waals surface area contributed by atoms with Gasteiger partial charge in [0, 0.05) is 63.2 Å². The Morgan fingerprint density at radius 3 is 2.60 bits per heavy atom. The molecule has 0 amide bonds. The van der Waals surface area contributed by atoms with Gasteiger partial charge in [0.05, 0.1) is 42.2 Å². The molecule has 2 aliphatic rings. The van der Waals surface area contributed by atoms with Gasteiger partial charge in [-0.3, -0.25) is 9.58 Å². The van der Waals surface area contributed by atoms with E-state index in [1.165, 1.54) is 6.07 Å². The Hall–Kier alpha value is -3.91. The minimum atomic E-state index is -4.74. The molecule has 48 heavy (non-hydrogen) atoms. The van der Waals surface area contributed by atoms with Gasteiger partial charge in [-0.25, -0.2) is 15.0 Å². The summed E-state index contributed by atoms with van der Waals surface area (Å²) in [5.41, 5.74) is 1.83. The van der Waals surface area contributed by atoms with Crippen LogP contribution < -0.4 is 4.74 Å². The number of fused-ring (bicyclic) bond motifs is 1. The maximum atomic E-state index is 13.2. The summed E-state index contributed by atoms with van der Waals surface area (Å²) in [6, 6.07) is 6.93. The van der Waals surface area contributed by atoms with E-state index >= 15 is 0 Å². The molecule has 6 rings (SSSR count). The van der Waals surface area contributed by atoms with Gasteiger partial charge in [-0.2, -0.15) is 28.5 Å². The van der Waals surface area contributed by atoms with Gasteiger partial charge in [-0.15, -0.1) is 0 Å². The van der Waals surface area contributed by atoms with Crippen molar-refractivity contribution >= 4 is 19.1 Å². The predicted octanol–water partition coefficient (Wildman–Crippen LogP) is 5.22. The van der Waals surface area contributed by atoms with Crippen molar-refractivity contribution in [1.82, 2.24) is 39.2 Å². The summed E-state index contributed by atoms with van der Waals surface area (Å²) in [5.74, 6) is -1.51. The van der Waals surface area contributed by atoms with Gasteiger partial charge >= 0.3 is 6.18 Å². The summed E-state index contributed by atoms with van der Waals surface area (Å²) in [6.45, 7) is 8.87. The Morgan fingerprint density at radius 1 is 1.15 bits per heavy atom. The SMILES string of the molecule is C[Si](C)(C)CCOCn1ccc2c(-c3cnn(C4(CC#N)CC(N5CCC(Oc6cc(CO)nc(C(F)(F)F)n6)CC5)C4)c3)ncnc21. The monoisotopic (exact) mass is 683 g/mol. The molecule has 5 heterocycles. The lowest BCUT2D eigenvalue weighted by molar-refractivity contribution is -0.145. The Morgan fingerprint density at radius 2 is 1.92 bits per heavy atom. The second-order valence-electron chi connectivity index (χ2n) is 13.9. The third-order valence-electron chi connectivity index (χ3n) is 9.22. The summed E-state index contributed by atoms with van der Waals surface area (Å²) >= 11 is 0. The quantitative estimate of drug-likeness (QED) is 0.156. The summed E-state index contributed by atoms with van der Waals surface area (Å²) in [5, 5.41) is 24.7. The fourth-order valence-corrected chi connectivity index (χ4v) is 7.25. The van der Waals surface area contributed by atoms with Gasteiger partial charge in [0.2, 0.25) is 11.7 Å². The zero-order valence-corrected chi connectivity index (χ0v) is 28.3. The van der Waals surface area contributed by atoms with Crippen LogP contribution in [0, 0.1) is 11.3 Å². The number of nitriles is 1. The first-order valence-corrected chi connectivity index (χ1v) is 19.8. The minimum Gasteiger partial charge on any atom is -0.474 e. The molecule has 0 spiro atoms. The van der Waals surface area contributed by atoms with Crippen molar-refractivity contribution in [2.75, 3.05) is 19.7 Å². The zero-order valence-electron chi connectivity index (χ0n) is 27.3. The Balaban J connectivity index is 1.08. The van der Waals surface area contributed by atoms with Crippen molar-refractivity contribution in [3.63, 3.8) is 0 Å². The molecule has 1 N–H and O–H groups in total. The molecule has 0 unspecified atom stereocenters. The molecule has 1 aliphatic carbocycles. The molecule has 4 aromatic heterocycles.